The number of nitrogens with zero attached hydrogens (tertiary/aromatic N) is 1. The molecule has 5 aromatic rings. The van der Waals surface area contributed by atoms with E-state index in [9.17, 15) is 9.59 Å². The summed E-state index contributed by atoms with van der Waals surface area (Å²) in [7, 11) is 1.56. The van der Waals surface area contributed by atoms with Crippen molar-refractivity contribution in [1.82, 2.24) is 9.97 Å². The van der Waals surface area contributed by atoms with Crippen molar-refractivity contribution in [1.29, 1.82) is 0 Å². The van der Waals surface area contributed by atoms with Gasteiger partial charge in [0.05, 0.1) is 29.9 Å². The van der Waals surface area contributed by atoms with Crippen LogP contribution in [-0.4, -0.2) is 23.1 Å². The summed E-state index contributed by atoms with van der Waals surface area (Å²) in [4.78, 5) is 31.9. The number of benzene rings is 3. The molecule has 0 atom stereocenters. The van der Waals surface area contributed by atoms with Crippen LogP contribution in [0.2, 0.25) is 0 Å². The topological polar surface area (TPSA) is 109 Å². The van der Waals surface area contributed by atoms with Crippen molar-refractivity contribution in [2.75, 3.05) is 17.7 Å². The highest BCUT2D eigenvalue weighted by atomic mass is 16.5. The maximum Gasteiger partial charge on any atom is 0.344 e. The standard InChI is InChI=1S/C22H16N4O4/c1-29-14-4-5-15-16(10-14)17-8-12(3-7-20(17)30-21(15)27)25-22(28)26-13-2-6-18-19(9-13)24-11-23-18/h2-11H,1H3,(H,23,24)(H2,25,26,28). The van der Waals surface area contributed by atoms with Gasteiger partial charge in [0.2, 0.25) is 0 Å². The highest BCUT2D eigenvalue weighted by Gasteiger charge is 2.11. The van der Waals surface area contributed by atoms with Gasteiger partial charge in [0.15, 0.2) is 0 Å². The van der Waals surface area contributed by atoms with Crippen molar-refractivity contribution in [2.24, 2.45) is 0 Å². The van der Waals surface area contributed by atoms with Gasteiger partial charge in [-0.1, -0.05) is 0 Å². The van der Waals surface area contributed by atoms with Crippen molar-refractivity contribution >= 4 is 50.2 Å². The molecule has 148 valence electrons. The first-order valence-electron chi connectivity index (χ1n) is 9.16. The molecule has 0 radical (unpaired) electrons. The molecular weight excluding hydrogens is 384 g/mol. The van der Waals surface area contributed by atoms with E-state index >= 15 is 0 Å². The van der Waals surface area contributed by atoms with E-state index in [0.29, 0.717) is 38.9 Å². The summed E-state index contributed by atoms with van der Waals surface area (Å²) >= 11 is 0. The van der Waals surface area contributed by atoms with Crippen molar-refractivity contribution in [3.63, 3.8) is 0 Å². The third-order valence-corrected chi connectivity index (χ3v) is 4.86. The number of methoxy groups -OCH3 is 1. The lowest BCUT2D eigenvalue weighted by Gasteiger charge is -2.10. The fraction of sp³-hybridized carbons (Fsp3) is 0.0455. The molecule has 2 amide bonds. The molecule has 30 heavy (non-hydrogen) atoms. The first-order chi connectivity index (χ1) is 14.6. The van der Waals surface area contributed by atoms with Crippen molar-refractivity contribution in [3.05, 3.63) is 71.3 Å². The number of ether oxygens (including phenoxy) is 1. The van der Waals surface area contributed by atoms with Crippen LogP contribution < -0.4 is 21.0 Å². The van der Waals surface area contributed by atoms with Crippen LogP contribution in [-0.2, 0) is 0 Å². The summed E-state index contributed by atoms with van der Waals surface area (Å²) in [6.07, 6.45) is 1.60. The van der Waals surface area contributed by atoms with Crippen LogP contribution in [0.25, 0.3) is 32.8 Å². The number of aromatic amines is 1. The predicted molar refractivity (Wildman–Crippen MR) is 115 cm³/mol. The third-order valence-electron chi connectivity index (χ3n) is 4.86. The number of fused-ring (bicyclic) bond motifs is 4. The Morgan fingerprint density at radius 3 is 2.60 bits per heavy atom. The summed E-state index contributed by atoms with van der Waals surface area (Å²) in [5, 5.41) is 7.43. The van der Waals surface area contributed by atoms with Crippen LogP contribution in [0, 0.1) is 0 Å². The molecule has 0 spiro atoms. The van der Waals surface area contributed by atoms with Gasteiger partial charge in [-0.05, 0) is 54.6 Å². The summed E-state index contributed by atoms with van der Waals surface area (Å²) in [6.45, 7) is 0. The minimum absolute atomic E-state index is 0.396. The second-order valence-corrected chi connectivity index (χ2v) is 6.73. The van der Waals surface area contributed by atoms with E-state index in [2.05, 4.69) is 20.6 Å². The summed E-state index contributed by atoms with van der Waals surface area (Å²) < 4.78 is 10.7. The smallest absolute Gasteiger partial charge is 0.344 e. The minimum Gasteiger partial charge on any atom is -0.497 e. The first-order valence-corrected chi connectivity index (χ1v) is 9.16. The van der Waals surface area contributed by atoms with Gasteiger partial charge in [-0.2, -0.15) is 0 Å². The Morgan fingerprint density at radius 1 is 0.967 bits per heavy atom. The zero-order valence-corrected chi connectivity index (χ0v) is 15.9. The zero-order chi connectivity index (χ0) is 20.7. The number of aromatic nitrogens is 2. The number of carbonyl (C=O) groups excluding carboxylic acids is 1. The van der Waals surface area contributed by atoms with E-state index in [1.54, 1.807) is 62.0 Å². The monoisotopic (exact) mass is 400 g/mol. The van der Waals surface area contributed by atoms with Gasteiger partial charge < -0.3 is 24.8 Å². The summed E-state index contributed by atoms with van der Waals surface area (Å²) in [5.41, 5.74) is 2.84. The van der Waals surface area contributed by atoms with Gasteiger partial charge in [0, 0.05) is 22.1 Å². The number of hydrogen-bond donors (Lipinski definition) is 3. The molecule has 8 heteroatoms. The van der Waals surface area contributed by atoms with E-state index in [1.165, 1.54) is 0 Å². The number of rotatable bonds is 3. The van der Waals surface area contributed by atoms with Gasteiger partial charge in [-0.25, -0.2) is 14.6 Å². The molecule has 3 N–H and O–H groups in total. The Hall–Kier alpha value is -4.33. The average molecular weight is 400 g/mol. The Balaban J connectivity index is 1.47. The van der Waals surface area contributed by atoms with E-state index in [-0.39, 0.29) is 0 Å². The van der Waals surface area contributed by atoms with Crippen LogP contribution in [0.15, 0.2) is 70.1 Å². The van der Waals surface area contributed by atoms with Gasteiger partial charge >= 0.3 is 11.7 Å². The zero-order valence-electron chi connectivity index (χ0n) is 15.9. The number of urea groups is 1. The van der Waals surface area contributed by atoms with E-state index in [1.807, 2.05) is 6.07 Å². The Bertz CT molecular complexity index is 1490. The maximum absolute atomic E-state index is 12.5. The van der Waals surface area contributed by atoms with Crippen molar-refractivity contribution in [2.45, 2.75) is 0 Å². The number of nitrogens with one attached hydrogen (secondary N) is 3. The first kappa shape index (κ1) is 17.7. The summed E-state index contributed by atoms with van der Waals surface area (Å²) in [5.74, 6) is 0.625. The molecule has 0 aliphatic heterocycles. The van der Waals surface area contributed by atoms with Crippen molar-refractivity contribution < 1.29 is 13.9 Å². The molecule has 2 aromatic heterocycles. The molecule has 0 fully saturated rings. The molecule has 5 rings (SSSR count). The number of anilines is 2. The normalized spacial score (nSPS) is 11.1. The second kappa shape index (κ2) is 6.93. The Kier molecular flexibility index (Phi) is 4.10. The molecule has 0 bridgehead atoms. The largest absolute Gasteiger partial charge is 0.497 e. The molecule has 0 aliphatic carbocycles. The van der Waals surface area contributed by atoms with Gasteiger partial charge in [-0.3, -0.25) is 0 Å². The predicted octanol–water partition coefficient (Wildman–Crippen LogP) is 4.48. The molecular formula is C22H16N4O4. The van der Waals surface area contributed by atoms with Crippen molar-refractivity contribution in [3.8, 4) is 5.75 Å². The Labute approximate surface area is 169 Å². The second-order valence-electron chi connectivity index (χ2n) is 6.73. The minimum atomic E-state index is -0.423. The van der Waals surface area contributed by atoms with Crippen LogP contribution in [0.3, 0.4) is 0 Å². The van der Waals surface area contributed by atoms with Gasteiger partial charge in [0.25, 0.3) is 0 Å². The van der Waals surface area contributed by atoms with Gasteiger partial charge in [0.1, 0.15) is 11.3 Å². The Morgan fingerprint density at radius 2 is 1.77 bits per heavy atom. The fourth-order valence-corrected chi connectivity index (χ4v) is 3.42. The lowest BCUT2D eigenvalue weighted by Crippen LogP contribution is -2.19. The highest BCUT2D eigenvalue weighted by Crippen LogP contribution is 2.28. The van der Waals surface area contributed by atoms with Crippen LogP contribution in [0.4, 0.5) is 16.2 Å². The lowest BCUT2D eigenvalue weighted by molar-refractivity contribution is 0.262. The molecule has 8 nitrogen and oxygen atoms in total. The van der Waals surface area contributed by atoms with Gasteiger partial charge in [-0.15, -0.1) is 0 Å². The van der Waals surface area contributed by atoms with Crippen LogP contribution >= 0.6 is 0 Å². The number of imidazole rings is 1. The number of amides is 2. The highest BCUT2D eigenvalue weighted by molar-refractivity contribution is 6.07. The number of carbonyl (C=O) groups is 1. The van der Waals surface area contributed by atoms with E-state index in [0.717, 1.165) is 11.0 Å². The molecule has 0 aliphatic rings. The number of H-pyrrole nitrogens is 1. The van der Waals surface area contributed by atoms with Crippen LogP contribution in [0.5, 0.6) is 5.75 Å². The fourth-order valence-electron chi connectivity index (χ4n) is 3.42. The molecule has 0 saturated heterocycles. The van der Waals surface area contributed by atoms with E-state index in [4.69, 9.17) is 9.15 Å². The molecule has 0 unspecified atom stereocenters. The lowest BCUT2D eigenvalue weighted by atomic mass is 10.1. The quantitative estimate of drug-likeness (QED) is 0.306. The number of hydrogen-bond acceptors (Lipinski definition) is 5. The third kappa shape index (κ3) is 3.10. The SMILES string of the molecule is COc1ccc2c(=O)oc3ccc(NC(=O)Nc4ccc5nc[nH]c5c4)cc3c2c1. The molecule has 0 saturated carbocycles. The molecule has 3 aromatic carbocycles. The van der Waals surface area contributed by atoms with Crippen LogP contribution in [0.1, 0.15) is 0 Å². The van der Waals surface area contributed by atoms with E-state index < -0.39 is 11.7 Å². The molecule has 2 heterocycles. The average Bonchev–Trinajstić information content (AvgIpc) is 3.22. The summed E-state index contributed by atoms with van der Waals surface area (Å²) in [6, 6.07) is 15.2. The maximum atomic E-state index is 12.5.